The average Bonchev–Trinajstić information content (AvgIpc) is 3.70. The van der Waals surface area contributed by atoms with E-state index in [9.17, 15) is 34.2 Å². The predicted octanol–water partition coefficient (Wildman–Crippen LogP) is 13.5. The molecule has 0 aliphatic heterocycles. The van der Waals surface area contributed by atoms with E-state index in [2.05, 4.69) is 24.3 Å². The van der Waals surface area contributed by atoms with Crippen LogP contribution in [-0.4, -0.2) is 19.5 Å². The third-order valence-electron chi connectivity index (χ3n) is 11.7. The van der Waals surface area contributed by atoms with Gasteiger partial charge < -0.3 is 4.57 Å². The van der Waals surface area contributed by atoms with E-state index in [1.807, 2.05) is 102 Å². The van der Waals surface area contributed by atoms with Crippen molar-refractivity contribution in [3.63, 3.8) is 0 Å². The number of benzene rings is 8. The maximum Gasteiger partial charge on any atom is 0.417 e. The number of fused-ring (bicyclic) bond motifs is 3. The van der Waals surface area contributed by atoms with Crippen molar-refractivity contribution in [2.45, 2.75) is 6.18 Å². The SMILES string of the molecule is N#Cc1ccc(-c2ccc3c4ccc(-c5ccc(C#N)cc5C#N)cc4n(-c4cc(-c5ccccc5C(F)(F)F)ccc4-c4nc(-c5ccccc5)nc(-c5ccccc5)n4)c3c2)c(C#N)c1. The lowest BCUT2D eigenvalue weighted by Crippen LogP contribution is -2.07. The van der Waals surface area contributed by atoms with Gasteiger partial charge in [-0.25, -0.2) is 15.0 Å². The van der Waals surface area contributed by atoms with Gasteiger partial charge in [0.05, 0.1) is 68.8 Å². The van der Waals surface area contributed by atoms with Crippen LogP contribution in [0.25, 0.3) is 95.0 Å². The number of hydrogen-bond acceptors (Lipinski definition) is 7. The van der Waals surface area contributed by atoms with E-state index < -0.39 is 11.7 Å². The molecule has 10 aromatic rings. The normalized spacial score (nSPS) is 11.1. The van der Waals surface area contributed by atoms with Crippen LogP contribution in [0.5, 0.6) is 0 Å². The van der Waals surface area contributed by atoms with Gasteiger partial charge in [-0.2, -0.15) is 34.2 Å². The van der Waals surface area contributed by atoms with E-state index in [0.29, 0.717) is 67.3 Å². The van der Waals surface area contributed by atoms with Gasteiger partial charge in [0.1, 0.15) is 0 Å². The van der Waals surface area contributed by atoms with Crippen molar-refractivity contribution < 1.29 is 13.2 Å². The molecule has 0 aliphatic rings. The molecule has 2 aromatic heterocycles. The summed E-state index contributed by atoms with van der Waals surface area (Å²) >= 11 is 0. The van der Waals surface area contributed by atoms with Crippen LogP contribution < -0.4 is 0 Å². The summed E-state index contributed by atoms with van der Waals surface area (Å²) in [6, 6.07) is 59.2. The topological polar surface area (TPSA) is 139 Å². The first-order valence-corrected chi connectivity index (χ1v) is 20.8. The van der Waals surface area contributed by atoms with Gasteiger partial charge >= 0.3 is 6.18 Å². The lowest BCUT2D eigenvalue weighted by Gasteiger charge is -2.18. The number of rotatable bonds is 7. The monoisotopic (exact) mass is 870 g/mol. The molecule has 67 heavy (non-hydrogen) atoms. The number of hydrogen-bond donors (Lipinski definition) is 0. The maximum atomic E-state index is 14.8. The van der Waals surface area contributed by atoms with Crippen LogP contribution in [0.3, 0.4) is 0 Å². The Hall–Kier alpha value is -9.68. The summed E-state index contributed by atoms with van der Waals surface area (Å²) in [5, 5.41) is 41.4. The summed E-state index contributed by atoms with van der Waals surface area (Å²) in [5.74, 6) is 1.00. The van der Waals surface area contributed by atoms with Crippen molar-refractivity contribution in [3.8, 4) is 97.5 Å². The Morgan fingerprint density at radius 3 is 1.33 bits per heavy atom. The summed E-state index contributed by atoms with van der Waals surface area (Å²) < 4.78 is 46.3. The molecule has 0 unspecified atom stereocenters. The molecule has 0 fully saturated rings. The molecular formula is C56H29F3N8. The Balaban J connectivity index is 1.34. The van der Waals surface area contributed by atoms with Crippen LogP contribution in [0.15, 0.2) is 176 Å². The van der Waals surface area contributed by atoms with Crippen LogP contribution in [-0.2, 0) is 6.18 Å². The van der Waals surface area contributed by atoms with Crippen molar-refractivity contribution >= 4 is 21.8 Å². The average molecular weight is 871 g/mol. The maximum absolute atomic E-state index is 14.8. The summed E-state index contributed by atoms with van der Waals surface area (Å²) in [6.45, 7) is 0. The van der Waals surface area contributed by atoms with Gasteiger partial charge in [-0.1, -0.05) is 121 Å². The highest BCUT2D eigenvalue weighted by Crippen LogP contribution is 2.43. The second-order valence-electron chi connectivity index (χ2n) is 15.6. The minimum atomic E-state index is -4.67. The van der Waals surface area contributed by atoms with Crippen LogP contribution in [0, 0.1) is 45.3 Å². The lowest BCUT2D eigenvalue weighted by molar-refractivity contribution is -0.137. The van der Waals surface area contributed by atoms with Gasteiger partial charge in [-0.15, -0.1) is 0 Å². The van der Waals surface area contributed by atoms with Gasteiger partial charge in [0.2, 0.25) is 0 Å². The molecule has 0 saturated heterocycles. The first kappa shape index (κ1) is 41.3. The summed E-state index contributed by atoms with van der Waals surface area (Å²) in [6.07, 6.45) is -4.67. The Kier molecular flexibility index (Phi) is 10.4. The molecule has 0 spiro atoms. The first-order valence-electron chi connectivity index (χ1n) is 20.8. The van der Waals surface area contributed by atoms with Crippen molar-refractivity contribution in [1.29, 1.82) is 21.0 Å². The largest absolute Gasteiger partial charge is 0.417 e. The number of nitriles is 4. The van der Waals surface area contributed by atoms with Gasteiger partial charge in [-0.3, -0.25) is 0 Å². The highest BCUT2D eigenvalue weighted by Gasteiger charge is 2.34. The van der Waals surface area contributed by atoms with E-state index >= 15 is 0 Å². The second kappa shape index (κ2) is 16.8. The van der Waals surface area contributed by atoms with Gasteiger partial charge in [0.15, 0.2) is 17.5 Å². The highest BCUT2D eigenvalue weighted by atomic mass is 19.4. The summed E-state index contributed by atoms with van der Waals surface area (Å²) in [5.41, 5.74) is 6.66. The molecular weight excluding hydrogens is 842 g/mol. The zero-order chi connectivity index (χ0) is 46.2. The molecule has 0 aliphatic carbocycles. The van der Waals surface area contributed by atoms with Crippen molar-refractivity contribution in [3.05, 3.63) is 204 Å². The third-order valence-corrected chi connectivity index (χ3v) is 11.7. The van der Waals surface area contributed by atoms with E-state index in [1.54, 1.807) is 48.5 Å². The summed E-state index contributed by atoms with van der Waals surface area (Å²) in [4.78, 5) is 15.0. The Bertz CT molecular complexity index is 3600. The molecule has 0 radical (unpaired) electrons. The van der Waals surface area contributed by atoms with E-state index in [4.69, 9.17) is 15.0 Å². The third kappa shape index (κ3) is 7.55. The van der Waals surface area contributed by atoms with Crippen LogP contribution >= 0.6 is 0 Å². The van der Waals surface area contributed by atoms with Gasteiger partial charge in [0.25, 0.3) is 0 Å². The molecule has 8 nitrogen and oxygen atoms in total. The lowest BCUT2D eigenvalue weighted by atomic mass is 9.96. The number of halogens is 3. The summed E-state index contributed by atoms with van der Waals surface area (Å²) in [7, 11) is 0. The van der Waals surface area contributed by atoms with Crippen LogP contribution in [0.4, 0.5) is 13.2 Å². The van der Waals surface area contributed by atoms with Gasteiger partial charge in [0, 0.05) is 27.5 Å². The molecule has 2 heterocycles. The smallest absolute Gasteiger partial charge is 0.308 e. The minimum absolute atomic E-state index is 0.0389. The quantitative estimate of drug-likeness (QED) is 0.155. The molecule has 10 rings (SSSR count). The van der Waals surface area contributed by atoms with Crippen LogP contribution in [0.1, 0.15) is 27.8 Å². The highest BCUT2D eigenvalue weighted by molar-refractivity contribution is 6.12. The van der Waals surface area contributed by atoms with Crippen molar-refractivity contribution in [2.75, 3.05) is 0 Å². The fourth-order valence-electron chi connectivity index (χ4n) is 8.51. The second-order valence-corrected chi connectivity index (χ2v) is 15.6. The molecule has 0 N–H and O–H groups in total. The number of aromatic nitrogens is 4. The Morgan fingerprint density at radius 1 is 0.388 bits per heavy atom. The minimum Gasteiger partial charge on any atom is -0.308 e. The molecule has 0 atom stereocenters. The van der Waals surface area contributed by atoms with Crippen LogP contribution in [0.2, 0.25) is 0 Å². The number of alkyl halides is 3. The van der Waals surface area contributed by atoms with E-state index in [1.165, 1.54) is 24.3 Å². The molecule has 314 valence electrons. The Morgan fingerprint density at radius 2 is 0.836 bits per heavy atom. The van der Waals surface area contributed by atoms with Crippen molar-refractivity contribution in [2.24, 2.45) is 0 Å². The zero-order valence-electron chi connectivity index (χ0n) is 35.0. The number of nitrogens with zero attached hydrogens (tertiary/aromatic N) is 8. The van der Waals surface area contributed by atoms with E-state index in [-0.39, 0.29) is 28.1 Å². The molecule has 8 aromatic carbocycles. The molecule has 0 amide bonds. The molecule has 11 heteroatoms. The molecule has 0 bridgehead atoms. The van der Waals surface area contributed by atoms with Crippen molar-refractivity contribution in [1.82, 2.24) is 19.5 Å². The standard InChI is InChI=1S/C56H29F3N8/c57-56(58,59)49-14-8-7-13-45(49)40-19-24-48(55-65-53(36-9-3-1-4-10-36)64-54(66-55)37-11-5-2-6-12-37)52(29-40)67-50-27-38(43-20-15-34(30-60)25-41(43)32-62)17-22-46(50)47-23-18-39(28-51(47)67)44-21-16-35(31-61)26-42(44)33-63/h1-29H. The fraction of sp³-hybridized carbons (Fsp3) is 0.0179. The molecule has 0 saturated carbocycles. The van der Waals surface area contributed by atoms with E-state index in [0.717, 1.165) is 28.0 Å². The van der Waals surface area contributed by atoms with Gasteiger partial charge in [-0.05, 0) is 88.0 Å². The zero-order valence-corrected chi connectivity index (χ0v) is 35.0. The fourth-order valence-corrected chi connectivity index (χ4v) is 8.51. The Labute approximate surface area is 381 Å². The first-order chi connectivity index (χ1) is 32.6. The predicted molar refractivity (Wildman–Crippen MR) is 251 cm³/mol.